The van der Waals surface area contributed by atoms with Crippen LogP contribution >= 0.6 is 0 Å². The van der Waals surface area contributed by atoms with Crippen LogP contribution in [0, 0.1) is 0 Å². The van der Waals surface area contributed by atoms with E-state index < -0.39 is 5.41 Å². The average molecular weight is 587 g/mol. The molecule has 0 radical (unpaired) electrons. The van der Waals surface area contributed by atoms with E-state index in [9.17, 15) is 0 Å². The van der Waals surface area contributed by atoms with E-state index >= 15 is 0 Å². The number of fused-ring (bicyclic) bond motifs is 8. The Kier molecular flexibility index (Phi) is 5.20. The van der Waals surface area contributed by atoms with E-state index in [1.165, 1.54) is 27.6 Å². The molecule has 0 fully saturated rings. The van der Waals surface area contributed by atoms with Crippen LogP contribution in [0.5, 0.6) is 11.5 Å². The zero-order valence-corrected chi connectivity index (χ0v) is 24.8. The van der Waals surface area contributed by atoms with Gasteiger partial charge in [-0.05, 0) is 57.3 Å². The van der Waals surface area contributed by atoms with Crippen molar-refractivity contribution in [1.29, 1.82) is 0 Å². The molecule has 0 saturated carbocycles. The molecule has 7 aromatic carbocycles. The molecular formula is C43H26N2O. The van der Waals surface area contributed by atoms with Crippen LogP contribution in [0.4, 0.5) is 0 Å². The van der Waals surface area contributed by atoms with Gasteiger partial charge in [-0.3, -0.25) is 0 Å². The minimum Gasteiger partial charge on any atom is -0.457 e. The maximum atomic E-state index is 6.81. The number of para-hydroxylation sites is 1. The van der Waals surface area contributed by atoms with Crippen molar-refractivity contribution in [3.8, 4) is 45.3 Å². The van der Waals surface area contributed by atoms with Crippen LogP contribution in [-0.4, -0.2) is 9.97 Å². The second kappa shape index (κ2) is 9.47. The lowest BCUT2D eigenvalue weighted by Crippen LogP contribution is -2.31. The first-order chi connectivity index (χ1) is 22.8. The highest BCUT2D eigenvalue weighted by Gasteiger charge is 2.51. The molecule has 0 spiro atoms. The summed E-state index contributed by atoms with van der Waals surface area (Å²) < 4.78 is 6.81. The molecule has 2 aliphatic rings. The summed E-state index contributed by atoms with van der Waals surface area (Å²) in [7, 11) is 0. The lowest BCUT2D eigenvalue weighted by Gasteiger charge is -2.39. The van der Waals surface area contributed by atoms with Gasteiger partial charge < -0.3 is 4.74 Å². The van der Waals surface area contributed by atoms with Gasteiger partial charge in [0.15, 0.2) is 5.82 Å². The van der Waals surface area contributed by atoms with Gasteiger partial charge in [0.2, 0.25) is 0 Å². The smallest absolute Gasteiger partial charge is 0.160 e. The van der Waals surface area contributed by atoms with Gasteiger partial charge in [0.25, 0.3) is 0 Å². The Labute approximate surface area is 266 Å². The zero-order chi connectivity index (χ0) is 30.2. The highest BCUT2D eigenvalue weighted by atomic mass is 16.5. The maximum Gasteiger partial charge on any atom is 0.160 e. The molecule has 1 aliphatic heterocycles. The maximum absolute atomic E-state index is 6.81. The molecule has 1 aromatic heterocycles. The summed E-state index contributed by atoms with van der Waals surface area (Å²) in [6.45, 7) is 0. The van der Waals surface area contributed by atoms with Crippen LogP contribution in [0.3, 0.4) is 0 Å². The fourth-order valence-electron chi connectivity index (χ4n) is 7.85. The van der Waals surface area contributed by atoms with Gasteiger partial charge in [-0.25, -0.2) is 9.97 Å². The molecule has 46 heavy (non-hydrogen) atoms. The van der Waals surface area contributed by atoms with E-state index in [0.29, 0.717) is 5.82 Å². The standard InChI is InChI=1S/C43H26N2O/c1-3-14-28(15-4-1)41-39-31-18-8-7-13-27(31)23-24-36(39)44-42(45-41)29-25-33-32-19-9-10-20-34(32)43(30-16-5-2-6-17-30)35-21-11-12-22-37(35)46-38(26-29)40(33)43/h1-26H. The van der Waals surface area contributed by atoms with E-state index in [-0.39, 0.29) is 0 Å². The number of ether oxygens (including phenoxy) is 1. The van der Waals surface area contributed by atoms with Crippen molar-refractivity contribution in [2.75, 3.05) is 0 Å². The molecule has 1 aliphatic carbocycles. The Morgan fingerprint density at radius 1 is 0.500 bits per heavy atom. The van der Waals surface area contributed by atoms with Crippen LogP contribution in [0.1, 0.15) is 22.3 Å². The zero-order valence-electron chi connectivity index (χ0n) is 24.8. The molecule has 214 valence electrons. The van der Waals surface area contributed by atoms with E-state index in [1.807, 2.05) is 6.07 Å². The molecule has 0 saturated heterocycles. The quantitative estimate of drug-likeness (QED) is 0.193. The Bertz CT molecular complexity index is 2500. The summed E-state index contributed by atoms with van der Waals surface area (Å²) in [5.74, 6) is 2.39. The molecule has 8 aromatic rings. The third kappa shape index (κ3) is 3.37. The van der Waals surface area contributed by atoms with Crippen molar-refractivity contribution in [3.63, 3.8) is 0 Å². The number of aromatic nitrogens is 2. The molecule has 3 nitrogen and oxygen atoms in total. The summed E-state index contributed by atoms with van der Waals surface area (Å²) in [5.41, 5.74) is 10.5. The summed E-state index contributed by atoms with van der Waals surface area (Å²) in [6, 6.07) is 55.7. The number of hydrogen-bond donors (Lipinski definition) is 0. The first-order valence-electron chi connectivity index (χ1n) is 15.7. The Hall–Kier alpha value is -6.06. The lowest BCUT2D eigenvalue weighted by molar-refractivity contribution is 0.438. The summed E-state index contributed by atoms with van der Waals surface area (Å²) >= 11 is 0. The van der Waals surface area contributed by atoms with Crippen LogP contribution in [0.2, 0.25) is 0 Å². The van der Waals surface area contributed by atoms with Gasteiger partial charge in [-0.1, -0.05) is 133 Å². The molecule has 0 amide bonds. The lowest BCUT2D eigenvalue weighted by atomic mass is 9.66. The summed E-state index contributed by atoms with van der Waals surface area (Å²) in [4.78, 5) is 10.6. The Balaban J connectivity index is 1.29. The molecule has 0 bridgehead atoms. The Morgan fingerprint density at radius 3 is 2.09 bits per heavy atom. The minimum absolute atomic E-state index is 0.492. The summed E-state index contributed by atoms with van der Waals surface area (Å²) in [6.07, 6.45) is 0. The topological polar surface area (TPSA) is 35.0 Å². The fourth-order valence-corrected chi connectivity index (χ4v) is 7.85. The normalized spacial score (nSPS) is 15.7. The number of benzene rings is 7. The van der Waals surface area contributed by atoms with E-state index in [0.717, 1.165) is 55.7 Å². The Morgan fingerprint density at radius 2 is 1.22 bits per heavy atom. The molecule has 0 N–H and O–H groups in total. The van der Waals surface area contributed by atoms with Gasteiger partial charge in [0.05, 0.1) is 16.6 Å². The number of nitrogens with zero attached hydrogens (tertiary/aromatic N) is 2. The van der Waals surface area contributed by atoms with Crippen molar-refractivity contribution < 1.29 is 4.74 Å². The fraction of sp³-hybridized carbons (Fsp3) is 0.0233. The molecule has 1 atom stereocenters. The molecule has 10 rings (SSSR count). The van der Waals surface area contributed by atoms with Crippen molar-refractivity contribution in [3.05, 3.63) is 180 Å². The highest BCUT2D eigenvalue weighted by molar-refractivity contribution is 6.12. The van der Waals surface area contributed by atoms with E-state index in [4.69, 9.17) is 14.7 Å². The van der Waals surface area contributed by atoms with Crippen molar-refractivity contribution >= 4 is 21.7 Å². The van der Waals surface area contributed by atoms with Crippen molar-refractivity contribution in [1.82, 2.24) is 9.97 Å². The van der Waals surface area contributed by atoms with Crippen molar-refractivity contribution in [2.24, 2.45) is 0 Å². The van der Waals surface area contributed by atoms with Crippen LogP contribution in [0.15, 0.2) is 158 Å². The molecule has 2 heterocycles. The van der Waals surface area contributed by atoms with Gasteiger partial charge in [0, 0.05) is 27.6 Å². The predicted molar refractivity (Wildman–Crippen MR) is 185 cm³/mol. The second-order valence-electron chi connectivity index (χ2n) is 12.1. The van der Waals surface area contributed by atoms with Crippen molar-refractivity contribution in [2.45, 2.75) is 5.41 Å². The second-order valence-corrected chi connectivity index (χ2v) is 12.1. The van der Waals surface area contributed by atoms with Gasteiger partial charge in [-0.2, -0.15) is 0 Å². The SMILES string of the molecule is c1ccc(-c2nc(-c3cc4c5c(c3)-c3ccccc3C5(c3ccccc3)c3ccccc3O4)nc3ccc4ccccc4c23)cc1. The summed E-state index contributed by atoms with van der Waals surface area (Å²) in [5, 5.41) is 3.39. The van der Waals surface area contributed by atoms with Crippen LogP contribution < -0.4 is 4.74 Å². The molecular weight excluding hydrogens is 560 g/mol. The average Bonchev–Trinajstić information content (AvgIpc) is 3.44. The van der Waals surface area contributed by atoms with Gasteiger partial charge in [-0.15, -0.1) is 0 Å². The monoisotopic (exact) mass is 586 g/mol. The molecule has 1 unspecified atom stereocenters. The van der Waals surface area contributed by atoms with E-state index in [2.05, 4.69) is 152 Å². The van der Waals surface area contributed by atoms with Crippen LogP contribution in [0.25, 0.3) is 55.4 Å². The van der Waals surface area contributed by atoms with Gasteiger partial charge in [0.1, 0.15) is 11.5 Å². The highest BCUT2D eigenvalue weighted by Crippen LogP contribution is 2.63. The number of hydrogen-bond acceptors (Lipinski definition) is 3. The predicted octanol–water partition coefficient (Wildman–Crippen LogP) is 10.6. The third-order valence-corrected chi connectivity index (χ3v) is 9.71. The first kappa shape index (κ1) is 25.3. The van der Waals surface area contributed by atoms with Gasteiger partial charge >= 0.3 is 0 Å². The van der Waals surface area contributed by atoms with E-state index in [1.54, 1.807) is 0 Å². The minimum atomic E-state index is -0.492. The first-order valence-corrected chi connectivity index (χ1v) is 15.7. The molecule has 3 heteroatoms. The number of rotatable bonds is 3. The third-order valence-electron chi connectivity index (χ3n) is 9.71. The largest absolute Gasteiger partial charge is 0.457 e. The van der Waals surface area contributed by atoms with Crippen LogP contribution in [-0.2, 0) is 5.41 Å².